The summed E-state index contributed by atoms with van der Waals surface area (Å²) >= 11 is 3.41. The van der Waals surface area contributed by atoms with Gasteiger partial charge in [-0.25, -0.2) is 4.79 Å². The molecule has 2 N–H and O–H groups in total. The van der Waals surface area contributed by atoms with Crippen molar-refractivity contribution in [3.8, 4) is 0 Å². The van der Waals surface area contributed by atoms with Crippen LogP contribution in [0.4, 0.5) is 10.5 Å². The van der Waals surface area contributed by atoms with Crippen molar-refractivity contribution in [3.63, 3.8) is 0 Å². The Hall–Kier alpha value is -1.36. The average Bonchev–Trinajstić information content (AvgIpc) is 2.29. The fraction of sp³-hybridized carbons (Fsp3) is 0.333. The van der Waals surface area contributed by atoms with E-state index in [1.807, 2.05) is 32.9 Å². The molecule has 0 unspecified atom stereocenters. The molecule has 0 saturated heterocycles. The van der Waals surface area contributed by atoms with Gasteiger partial charge >= 0.3 is 6.03 Å². The highest BCUT2D eigenvalue weighted by Crippen LogP contribution is 2.23. The Morgan fingerprint density at radius 3 is 2.65 bits per heavy atom. The van der Waals surface area contributed by atoms with Gasteiger partial charge in [-0.1, -0.05) is 22.9 Å². The Balaban J connectivity index is 3.15. The number of anilines is 1. The fourth-order valence-electron chi connectivity index (χ4n) is 1.24. The van der Waals surface area contributed by atoms with Gasteiger partial charge in [0.2, 0.25) is 0 Å². The van der Waals surface area contributed by atoms with Gasteiger partial charge in [-0.2, -0.15) is 10.1 Å². The van der Waals surface area contributed by atoms with Crippen LogP contribution in [0.15, 0.2) is 27.8 Å². The Morgan fingerprint density at radius 1 is 1.53 bits per heavy atom. The van der Waals surface area contributed by atoms with Crippen LogP contribution in [0.25, 0.3) is 0 Å². The summed E-state index contributed by atoms with van der Waals surface area (Å²) < 4.78 is 0.988. The molecule has 0 aliphatic heterocycles. The minimum Gasteiger partial charge on any atom is -0.350 e. The van der Waals surface area contributed by atoms with Gasteiger partial charge in [-0.3, -0.25) is 0 Å². The maximum atomic E-state index is 11.4. The Kier molecular flexibility index (Phi) is 4.69. The van der Waals surface area contributed by atoms with Crippen molar-refractivity contribution in [2.24, 2.45) is 10.8 Å². The van der Waals surface area contributed by atoms with Crippen LogP contribution in [0.5, 0.6) is 0 Å². The van der Waals surface area contributed by atoms with Gasteiger partial charge in [0, 0.05) is 10.2 Å². The number of hydrogen-bond acceptors (Lipinski definition) is 2. The number of primary amides is 1. The molecule has 0 bridgehead atoms. The van der Waals surface area contributed by atoms with Gasteiger partial charge in [-0.15, -0.1) is 0 Å². The molecule has 17 heavy (non-hydrogen) atoms. The van der Waals surface area contributed by atoms with Gasteiger partial charge in [-0.05, 0) is 44.0 Å². The van der Waals surface area contributed by atoms with Gasteiger partial charge in [0.05, 0.1) is 5.69 Å². The summed E-state index contributed by atoms with van der Waals surface area (Å²) in [6.07, 6.45) is 0.777. The van der Waals surface area contributed by atoms with Crippen molar-refractivity contribution in [3.05, 3.63) is 28.2 Å². The summed E-state index contributed by atoms with van der Waals surface area (Å²) in [6.45, 7) is 5.79. The van der Waals surface area contributed by atoms with Crippen molar-refractivity contribution in [1.29, 1.82) is 0 Å². The molecule has 0 radical (unpaired) electrons. The van der Waals surface area contributed by atoms with E-state index < -0.39 is 6.03 Å². The molecule has 0 atom stereocenters. The van der Waals surface area contributed by atoms with Crippen LogP contribution < -0.4 is 10.7 Å². The number of carbonyl (C=O) groups is 1. The van der Waals surface area contributed by atoms with Gasteiger partial charge < -0.3 is 5.73 Å². The van der Waals surface area contributed by atoms with E-state index in [9.17, 15) is 4.79 Å². The normalized spacial score (nSPS) is 11.4. The minimum absolute atomic E-state index is 0.584. The molecule has 1 rings (SSSR count). The third kappa shape index (κ3) is 3.56. The van der Waals surface area contributed by atoms with Crippen molar-refractivity contribution in [2.45, 2.75) is 27.2 Å². The summed E-state index contributed by atoms with van der Waals surface area (Å²) in [6, 6.07) is 4.95. The largest absolute Gasteiger partial charge is 0.350 e. The first-order chi connectivity index (χ1) is 7.95. The minimum atomic E-state index is -0.584. The highest BCUT2D eigenvalue weighted by molar-refractivity contribution is 9.10. The molecule has 0 aliphatic rings. The lowest BCUT2D eigenvalue weighted by molar-refractivity contribution is 0.254. The van der Waals surface area contributed by atoms with E-state index in [2.05, 4.69) is 21.0 Å². The van der Waals surface area contributed by atoms with Crippen molar-refractivity contribution < 1.29 is 4.79 Å². The van der Waals surface area contributed by atoms with E-state index in [1.54, 1.807) is 6.07 Å². The number of amides is 2. The molecule has 2 amide bonds. The lowest BCUT2D eigenvalue weighted by Crippen LogP contribution is -2.32. The lowest BCUT2D eigenvalue weighted by atomic mass is 10.2. The topological polar surface area (TPSA) is 58.7 Å². The van der Waals surface area contributed by atoms with E-state index in [0.29, 0.717) is 5.69 Å². The molecule has 1 aromatic rings. The summed E-state index contributed by atoms with van der Waals surface area (Å²) in [5, 5.41) is 5.42. The van der Waals surface area contributed by atoms with Crippen LogP contribution in [0, 0.1) is 6.92 Å². The van der Waals surface area contributed by atoms with Crippen LogP contribution in [0.2, 0.25) is 0 Å². The number of carbonyl (C=O) groups excluding carboxylic acids is 1. The standard InChI is InChI=1S/C12H16BrN3O/c1-4-9(3)15-16(12(14)17)10-5-6-11(13)8(2)7-10/h5-7H,4H2,1-3H3,(H2,14,17). The van der Waals surface area contributed by atoms with Crippen LogP contribution in [0.1, 0.15) is 25.8 Å². The van der Waals surface area contributed by atoms with Crippen molar-refractivity contribution in [2.75, 3.05) is 5.01 Å². The third-order valence-corrected chi connectivity index (χ3v) is 3.27. The highest BCUT2D eigenvalue weighted by Gasteiger charge is 2.12. The second kappa shape index (κ2) is 5.82. The zero-order valence-corrected chi connectivity index (χ0v) is 11.8. The van der Waals surface area contributed by atoms with E-state index in [1.165, 1.54) is 5.01 Å². The Bertz CT molecular complexity index is 457. The molecule has 4 nitrogen and oxygen atoms in total. The number of hydrogen-bond donors (Lipinski definition) is 1. The monoisotopic (exact) mass is 297 g/mol. The molecular formula is C12H16BrN3O. The zero-order chi connectivity index (χ0) is 13.0. The second-order valence-electron chi connectivity index (χ2n) is 3.77. The van der Waals surface area contributed by atoms with Crippen molar-refractivity contribution >= 4 is 33.4 Å². The maximum absolute atomic E-state index is 11.4. The fourth-order valence-corrected chi connectivity index (χ4v) is 1.48. The molecule has 0 spiro atoms. The van der Waals surface area contributed by atoms with Crippen molar-refractivity contribution in [1.82, 2.24) is 0 Å². The maximum Gasteiger partial charge on any atom is 0.339 e. The number of aryl methyl sites for hydroxylation is 1. The highest BCUT2D eigenvalue weighted by atomic mass is 79.9. The number of nitrogens with two attached hydrogens (primary N) is 1. The third-order valence-electron chi connectivity index (χ3n) is 2.38. The van der Waals surface area contributed by atoms with Gasteiger partial charge in [0.15, 0.2) is 0 Å². The van der Waals surface area contributed by atoms with Gasteiger partial charge in [0.25, 0.3) is 0 Å². The molecule has 92 valence electrons. The van der Waals surface area contributed by atoms with E-state index in [-0.39, 0.29) is 0 Å². The van der Waals surface area contributed by atoms with Crippen LogP contribution in [-0.2, 0) is 0 Å². The number of rotatable bonds is 3. The summed E-state index contributed by atoms with van der Waals surface area (Å²) in [5.41, 5.74) is 7.88. The van der Waals surface area contributed by atoms with Crippen LogP contribution in [-0.4, -0.2) is 11.7 Å². The number of halogens is 1. The smallest absolute Gasteiger partial charge is 0.339 e. The number of urea groups is 1. The predicted octanol–water partition coefficient (Wildman–Crippen LogP) is 3.43. The second-order valence-corrected chi connectivity index (χ2v) is 4.63. The summed E-state index contributed by atoms with van der Waals surface area (Å²) in [5.74, 6) is 0. The molecule has 0 heterocycles. The predicted molar refractivity (Wildman–Crippen MR) is 74.3 cm³/mol. The summed E-state index contributed by atoms with van der Waals surface area (Å²) in [4.78, 5) is 11.4. The molecule has 0 fully saturated rings. The molecule has 5 heteroatoms. The Morgan fingerprint density at radius 2 is 2.18 bits per heavy atom. The SMILES string of the molecule is CCC(C)=NN(C(N)=O)c1ccc(Br)c(C)c1. The quantitative estimate of drug-likeness (QED) is 0.674. The molecule has 0 aliphatic carbocycles. The van der Waals surface area contributed by atoms with E-state index in [4.69, 9.17) is 5.73 Å². The first-order valence-electron chi connectivity index (χ1n) is 5.35. The molecule has 0 aromatic heterocycles. The number of nitrogens with zero attached hydrogens (tertiary/aromatic N) is 2. The van der Waals surface area contributed by atoms with Crippen LogP contribution in [0.3, 0.4) is 0 Å². The number of hydrazone groups is 1. The average molecular weight is 298 g/mol. The first kappa shape index (κ1) is 13.7. The molecular weight excluding hydrogens is 282 g/mol. The summed E-state index contributed by atoms with van der Waals surface area (Å²) in [7, 11) is 0. The van der Waals surface area contributed by atoms with Crippen LogP contribution >= 0.6 is 15.9 Å². The van der Waals surface area contributed by atoms with E-state index in [0.717, 1.165) is 22.2 Å². The molecule has 0 saturated carbocycles. The lowest BCUT2D eigenvalue weighted by Gasteiger charge is -2.16. The first-order valence-corrected chi connectivity index (χ1v) is 6.14. The number of benzene rings is 1. The molecule has 1 aromatic carbocycles. The Labute approximate surface area is 110 Å². The van der Waals surface area contributed by atoms with E-state index >= 15 is 0 Å². The van der Waals surface area contributed by atoms with Gasteiger partial charge in [0.1, 0.15) is 0 Å². The zero-order valence-electron chi connectivity index (χ0n) is 10.2.